The summed E-state index contributed by atoms with van der Waals surface area (Å²) in [5.41, 5.74) is -0.389. The Balaban J connectivity index is 2.20. The van der Waals surface area contributed by atoms with Gasteiger partial charge in [0.2, 0.25) is 0 Å². The van der Waals surface area contributed by atoms with Crippen LogP contribution in [0.2, 0.25) is 0 Å². The van der Waals surface area contributed by atoms with Crippen LogP contribution in [0.25, 0.3) is 0 Å². The normalized spacial score (nSPS) is 21.1. The largest absolute Gasteiger partial charge is 0.525 e. The Hall–Kier alpha value is -0.915. The van der Waals surface area contributed by atoms with Gasteiger partial charge < -0.3 is 14.6 Å². The third-order valence-corrected chi connectivity index (χ3v) is 4.30. The summed E-state index contributed by atoms with van der Waals surface area (Å²) in [5, 5.41) is 4.25. The average Bonchev–Trinajstić information content (AvgIpc) is 2.82. The smallest absolute Gasteiger partial charge is 0.398 e. The second kappa shape index (κ2) is 4.33. The van der Waals surface area contributed by atoms with Gasteiger partial charge in [-0.15, -0.1) is 11.3 Å². The highest BCUT2D eigenvalue weighted by Gasteiger charge is 2.53. The zero-order valence-electron chi connectivity index (χ0n) is 11.2. The third kappa shape index (κ3) is 2.18. The van der Waals surface area contributed by atoms with Gasteiger partial charge in [0.25, 0.3) is 5.91 Å². The van der Waals surface area contributed by atoms with Gasteiger partial charge in [-0.25, -0.2) is 4.98 Å². The average molecular weight is 268 g/mol. The quantitative estimate of drug-likeness (QED) is 0.806. The molecular weight excluding hydrogens is 251 g/mol. The van der Waals surface area contributed by atoms with E-state index < -0.39 is 18.3 Å². The second-order valence-corrected chi connectivity index (χ2v) is 6.13. The number of aromatic nitrogens is 1. The van der Waals surface area contributed by atoms with Gasteiger partial charge in [0, 0.05) is 12.4 Å². The Bertz CT molecular complexity index is 457. The second-order valence-electron chi connectivity index (χ2n) is 5.24. The summed E-state index contributed by atoms with van der Waals surface area (Å²) in [6.07, 6.45) is 0. The number of thiazole rings is 1. The fourth-order valence-corrected chi connectivity index (χ4v) is 2.32. The van der Waals surface area contributed by atoms with Crippen molar-refractivity contribution in [1.29, 1.82) is 0 Å². The topological polar surface area (TPSA) is 60.5 Å². The molecule has 1 amide bonds. The van der Waals surface area contributed by atoms with E-state index in [1.807, 2.05) is 27.7 Å². The SMILES string of the molecule is CNC(=O)c1csc(B2OC(C)(C)C(C)(C)O2)n1. The molecule has 0 aliphatic carbocycles. The van der Waals surface area contributed by atoms with Crippen LogP contribution < -0.4 is 10.2 Å². The van der Waals surface area contributed by atoms with Gasteiger partial charge in [-0.2, -0.15) is 0 Å². The Morgan fingerprint density at radius 2 is 1.89 bits per heavy atom. The summed E-state index contributed by atoms with van der Waals surface area (Å²) in [6, 6.07) is 0. The number of nitrogens with zero attached hydrogens (tertiary/aromatic N) is 1. The van der Waals surface area contributed by atoms with Gasteiger partial charge in [-0.05, 0) is 27.7 Å². The molecule has 1 aromatic heterocycles. The van der Waals surface area contributed by atoms with E-state index in [0.29, 0.717) is 10.6 Å². The summed E-state index contributed by atoms with van der Waals surface area (Å²) in [5.74, 6) is -0.200. The monoisotopic (exact) mass is 268 g/mol. The summed E-state index contributed by atoms with van der Waals surface area (Å²) in [4.78, 5) is 16.4. The molecule has 0 atom stereocenters. The third-order valence-electron chi connectivity index (χ3n) is 3.44. The molecular formula is C11H17BN2O3S. The number of carbonyl (C=O) groups excluding carboxylic acids is 1. The van der Waals surface area contributed by atoms with Gasteiger partial charge in [0.1, 0.15) is 10.6 Å². The van der Waals surface area contributed by atoms with E-state index >= 15 is 0 Å². The fraction of sp³-hybridized carbons (Fsp3) is 0.636. The molecule has 5 nitrogen and oxygen atoms in total. The molecule has 1 N–H and O–H groups in total. The van der Waals surface area contributed by atoms with Crippen molar-refractivity contribution < 1.29 is 14.1 Å². The standard InChI is InChI=1S/C11H17BN2O3S/c1-10(2)11(3,4)17-12(16-10)9-14-7(6-18-9)8(15)13-5/h6H,1-5H3,(H,13,15). The Kier molecular flexibility index (Phi) is 3.25. The highest BCUT2D eigenvalue weighted by Crippen LogP contribution is 2.36. The maximum absolute atomic E-state index is 11.4. The number of nitrogens with one attached hydrogen (secondary N) is 1. The Morgan fingerprint density at radius 3 is 2.39 bits per heavy atom. The van der Waals surface area contributed by atoms with E-state index in [9.17, 15) is 4.79 Å². The maximum atomic E-state index is 11.4. The molecule has 0 spiro atoms. The van der Waals surface area contributed by atoms with Crippen LogP contribution in [0.4, 0.5) is 0 Å². The van der Waals surface area contributed by atoms with Crippen molar-refractivity contribution in [2.24, 2.45) is 0 Å². The minimum Gasteiger partial charge on any atom is -0.398 e. The van der Waals surface area contributed by atoms with Gasteiger partial charge >= 0.3 is 7.12 Å². The van der Waals surface area contributed by atoms with Crippen LogP contribution in [0.1, 0.15) is 38.2 Å². The molecule has 1 aromatic rings. The molecule has 98 valence electrons. The summed E-state index contributed by atoms with van der Waals surface area (Å²) >= 11 is 1.37. The lowest BCUT2D eigenvalue weighted by atomic mass is 9.90. The van der Waals surface area contributed by atoms with Gasteiger partial charge in [0.15, 0.2) is 0 Å². The number of hydrogen-bond donors (Lipinski definition) is 1. The van der Waals surface area contributed by atoms with Crippen LogP contribution in [-0.4, -0.2) is 36.3 Å². The zero-order chi connectivity index (χ0) is 13.6. The van der Waals surface area contributed by atoms with Crippen molar-refractivity contribution in [2.75, 3.05) is 7.05 Å². The van der Waals surface area contributed by atoms with Crippen LogP contribution in [0.5, 0.6) is 0 Å². The molecule has 18 heavy (non-hydrogen) atoms. The predicted octanol–water partition coefficient (Wildman–Crippen LogP) is 0.802. The molecule has 0 aromatic carbocycles. The molecule has 0 unspecified atom stereocenters. The minimum absolute atomic E-state index is 0.200. The first-order valence-corrected chi connectivity index (χ1v) is 6.68. The molecule has 1 aliphatic heterocycles. The molecule has 0 saturated carbocycles. The van der Waals surface area contributed by atoms with E-state index in [0.717, 1.165) is 0 Å². The summed E-state index contributed by atoms with van der Waals surface area (Å²) in [6.45, 7) is 7.95. The molecule has 2 heterocycles. The number of rotatable bonds is 2. The van der Waals surface area contributed by atoms with E-state index in [4.69, 9.17) is 9.31 Å². The Labute approximate surface area is 111 Å². The van der Waals surface area contributed by atoms with Gasteiger partial charge in [0.05, 0.1) is 11.2 Å². The lowest BCUT2D eigenvalue weighted by Gasteiger charge is -2.32. The molecule has 0 radical (unpaired) electrons. The van der Waals surface area contributed by atoms with E-state index in [-0.39, 0.29) is 5.91 Å². The molecule has 1 saturated heterocycles. The maximum Gasteiger partial charge on any atom is 0.525 e. The first-order chi connectivity index (χ1) is 8.27. The Morgan fingerprint density at radius 1 is 1.33 bits per heavy atom. The highest BCUT2D eigenvalue weighted by atomic mass is 32.1. The molecule has 1 fully saturated rings. The van der Waals surface area contributed by atoms with Crippen LogP contribution in [0.3, 0.4) is 0 Å². The summed E-state index contributed by atoms with van der Waals surface area (Å²) < 4.78 is 11.7. The fourth-order valence-electron chi connectivity index (χ4n) is 1.57. The molecule has 2 rings (SSSR count). The van der Waals surface area contributed by atoms with E-state index in [2.05, 4.69) is 10.3 Å². The van der Waals surface area contributed by atoms with Crippen LogP contribution in [0, 0.1) is 0 Å². The van der Waals surface area contributed by atoms with Gasteiger partial charge in [-0.1, -0.05) is 0 Å². The van der Waals surface area contributed by atoms with E-state index in [1.54, 1.807) is 12.4 Å². The summed E-state index contributed by atoms with van der Waals surface area (Å²) in [7, 11) is 1.08. The first-order valence-electron chi connectivity index (χ1n) is 5.80. The molecule has 7 heteroatoms. The molecule has 0 bridgehead atoms. The van der Waals surface area contributed by atoms with Crippen molar-refractivity contribution in [3.63, 3.8) is 0 Å². The lowest BCUT2D eigenvalue weighted by molar-refractivity contribution is 0.00578. The number of amides is 1. The van der Waals surface area contributed by atoms with Crippen molar-refractivity contribution in [3.8, 4) is 0 Å². The lowest BCUT2D eigenvalue weighted by Crippen LogP contribution is -2.41. The molecule has 1 aliphatic rings. The highest BCUT2D eigenvalue weighted by molar-refractivity contribution is 7.20. The number of hydrogen-bond acceptors (Lipinski definition) is 5. The van der Waals surface area contributed by atoms with Crippen molar-refractivity contribution >= 4 is 29.3 Å². The van der Waals surface area contributed by atoms with Crippen LogP contribution in [0.15, 0.2) is 5.38 Å². The van der Waals surface area contributed by atoms with Crippen molar-refractivity contribution in [3.05, 3.63) is 11.1 Å². The predicted molar refractivity (Wildman–Crippen MR) is 71.2 cm³/mol. The van der Waals surface area contributed by atoms with E-state index in [1.165, 1.54) is 11.3 Å². The first kappa shape index (κ1) is 13.5. The zero-order valence-corrected chi connectivity index (χ0v) is 12.1. The van der Waals surface area contributed by atoms with Crippen LogP contribution in [-0.2, 0) is 9.31 Å². The van der Waals surface area contributed by atoms with Crippen molar-refractivity contribution in [1.82, 2.24) is 10.3 Å². The number of carbonyl (C=O) groups is 1. The minimum atomic E-state index is -0.501. The van der Waals surface area contributed by atoms with Gasteiger partial charge in [-0.3, -0.25) is 4.79 Å². The van der Waals surface area contributed by atoms with Crippen molar-refractivity contribution in [2.45, 2.75) is 38.9 Å². The van der Waals surface area contributed by atoms with Crippen LogP contribution >= 0.6 is 11.3 Å².